The van der Waals surface area contributed by atoms with Crippen molar-refractivity contribution in [3.8, 4) is 0 Å². The molecule has 0 radical (unpaired) electrons. The van der Waals surface area contributed by atoms with E-state index in [9.17, 15) is 0 Å². The summed E-state index contributed by atoms with van der Waals surface area (Å²) in [4.78, 5) is 0. The van der Waals surface area contributed by atoms with Crippen LogP contribution in [-0.4, -0.2) is 0 Å². The van der Waals surface area contributed by atoms with Gasteiger partial charge in [0.15, 0.2) is 0 Å². The highest BCUT2D eigenvalue weighted by molar-refractivity contribution is 5.34. The standard InChI is InChI=1S/C12H19N/c1-8(2)11-6-5-9(3)12(7-11)10(4)13/h5-8,10H,13H2,1-4H3. The minimum atomic E-state index is 0.138. The molecule has 1 nitrogen and oxygen atoms in total. The molecule has 13 heavy (non-hydrogen) atoms. The Hall–Kier alpha value is -0.820. The fourth-order valence-corrected chi connectivity index (χ4v) is 1.51. The molecule has 0 spiro atoms. The molecular weight excluding hydrogens is 158 g/mol. The van der Waals surface area contributed by atoms with Gasteiger partial charge in [-0.05, 0) is 36.5 Å². The van der Waals surface area contributed by atoms with Crippen molar-refractivity contribution in [3.05, 3.63) is 34.9 Å². The van der Waals surface area contributed by atoms with Crippen LogP contribution in [0.15, 0.2) is 18.2 Å². The predicted molar refractivity (Wildman–Crippen MR) is 57.9 cm³/mol. The summed E-state index contributed by atoms with van der Waals surface area (Å²) in [5, 5.41) is 0. The minimum Gasteiger partial charge on any atom is -0.324 e. The molecule has 0 saturated carbocycles. The van der Waals surface area contributed by atoms with Gasteiger partial charge in [0, 0.05) is 6.04 Å². The lowest BCUT2D eigenvalue weighted by Gasteiger charge is -2.13. The first-order chi connectivity index (χ1) is 6.02. The molecule has 0 fully saturated rings. The van der Waals surface area contributed by atoms with Crippen molar-refractivity contribution in [3.63, 3.8) is 0 Å². The van der Waals surface area contributed by atoms with E-state index in [1.54, 1.807) is 0 Å². The van der Waals surface area contributed by atoms with E-state index < -0.39 is 0 Å². The van der Waals surface area contributed by atoms with E-state index in [1.165, 1.54) is 16.7 Å². The molecule has 1 rings (SSSR count). The van der Waals surface area contributed by atoms with Gasteiger partial charge in [0.1, 0.15) is 0 Å². The Bertz CT molecular complexity index is 287. The Morgan fingerprint density at radius 1 is 1.15 bits per heavy atom. The smallest absolute Gasteiger partial charge is 0.0268 e. The third kappa shape index (κ3) is 2.31. The van der Waals surface area contributed by atoms with Crippen molar-refractivity contribution in [2.24, 2.45) is 5.73 Å². The monoisotopic (exact) mass is 177 g/mol. The molecule has 0 aliphatic rings. The first-order valence-corrected chi connectivity index (χ1v) is 4.88. The van der Waals surface area contributed by atoms with Crippen LogP contribution >= 0.6 is 0 Å². The second-order valence-corrected chi connectivity index (χ2v) is 4.06. The first kappa shape index (κ1) is 10.3. The summed E-state index contributed by atoms with van der Waals surface area (Å²) >= 11 is 0. The summed E-state index contributed by atoms with van der Waals surface area (Å²) < 4.78 is 0. The fraction of sp³-hybridized carbons (Fsp3) is 0.500. The number of hydrogen-bond acceptors (Lipinski definition) is 1. The van der Waals surface area contributed by atoms with E-state index in [0.29, 0.717) is 5.92 Å². The molecule has 0 amide bonds. The summed E-state index contributed by atoms with van der Waals surface area (Å²) in [5.41, 5.74) is 9.82. The van der Waals surface area contributed by atoms with Crippen LogP contribution in [0.2, 0.25) is 0 Å². The maximum Gasteiger partial charge on any atom is 0.0268 e. The second-order valence-electron chi connectivity index (χ2n) is 4.06. The molecule has 1 atom stereocenters. The van der Waals surface area contributed by atoms with Crippen molar-refractivity contribution in [2.45, 2.75) is 39.7 Å². The Morgan fingerprint density at radius 2 is 1.77 bits per heavy atom. The lowest BCUT2D eigenvalue weighted by atomic mass is 9.95. The molecule has 0 aliphatic carbocycles. The van der Waals surface area contributed by atoms with Crippen LogP contribution in [0, 0.1) is 6.92 Å². The van der Waals surface area contributed by atoms with Gasteiger partial charge in [-0.15, -0.1) is 0 Å². The summed E-state index contributed by atoms with van der Waals surface area (Å²) in [5.74, 6) is 0.582. The van der Waals surface area contributed by atoms with Gasteiger partial charge in [-0.1, -0.05) is 32.0 Å². The SMILES string of the molecule is Cc1ccc(C(C)C)cc1C(C)N. The number of aryl methyl sites for hydroxylation is 1. The molecule has 1 aromatic rings. The third-order valence-corrected chi connectivity index (χ3v) is 2.46. The second kappa shape index (κ2) is 3.93. The highest BCUT2D eigenvalue weighted by Gasteiger charge is 2.06. The van der Waals surface area contributed by atoms with Gasteiger partial charge in [-0.3, -0.25) is 0 Å². The van der Waals surface area contributed by atoms with Crippen LogP contribution < -0.4 is 5.73 Å². The number of rotatable bonds is 2. The molecule has 72 valence electrons. The maximum atomic E-state index is 5.88. The van der Waals surface area contributed by atoms with Crippen LogP contribution in [0.4, 0.5) is 0 Å². The van der Waals surface area contributed by atoms with E-state index in [4.69, 9.17) is 5.73 Å². The van der Waals surface area contributed by atoms with Gasteiger partial charge < -0.3 is 5.73 Å². The summed E-state index contributed by atoms with van der Waals surface area (Å²) in [6.07, 6.45) is 0. The van der Waals surface area contributed by atoms with Gasteiger partial charge in [0.25, 0.3) is 0 Å². The number of benzene rings is 1. The average molecular weight is 177 g/mol. The van der Waals surface area contributed by atoms with Gasteiger partial charge in [0.05, 0.1) is 0 Å². The van der Waals surface area contributed by atoms with Crippen molar-refractivity contribution < 1.29 is 0 Å². The largest absolute Gasteiger partial charge is 0.324 e. The van der Waals surface area contributed by atoms with E-state index in [0.717, 1.165) is 0 Å². The van der Waals surface area contributed by atoms with E-state index in [2.05, 4.69) is 39.0 Å². The van der Waals surface area contributed by atoms with Gasteiger partial charge in [-0.2, -0.15) is 0 Å². The lowest BCUT2D eigenvalue weighted by Crippen LogP contribution is -2.07. The first-order valence-electron chi connectivity index (χ1n) is 4.88. The molecule has 0 bridgehead atoms. The summed E-state index contributed by atoms with van der Waals surface area (Å²) in [6, 6.07) is 6.71. The fourth-order valence-electron chi connectivity index (χ4n) is 1.51. The van der Waals surface area contributed by atoms with Crippen LogP contribution in [0.3, 0.4) is 0 Å². The summed E-state index contributed by atoms with van der Waals surface area (Å²) in [6.45, 7) is 8.56. The maximum absolute atomic E-state index is 5.88. The van der Waals surface area contributed by atoms with Crippen LogP contribution in [-0.2, 0) is 0 Å². The molecule has 0 saturated heterocycles. The zero-order chi connectivity index (χ0) is 10.0. The zero-order valence-electron chi connectivity index (χ0n) is 8.96. The van der Waals surface area contributed by atoms with E-state index in [1.807, 2.05) is 6.92 Å². The molecule has 1 unspecified atom stereocenters. The third-order valence-electron chi connectivity index (χ3n) is 2.46. The quantitative estimate of drug-likeness (QED) is 0.738. The van der Waals surface area contributed by atoms with Gasteiger partial charge in [-0.25, -0.2) is 0 Å². The highest BCUT2D eigenvalue weighted by atomic mass is 14.6. The van der Waals surface area contributed by atoms with Crippen LogP contribution in [0.25, 0.3) is 0 Å². The van der Waals surface area contributed by atoms with Crippen molar-refractivity contribution in [1.29, 1.82) is 0 Å². The molecular formula is C12H19N. The highest BCUT2D eigenvalue weighted by Crippen LogP contribution is 2.21. The molecule has 1 aromatic carbocycles. The van der Waals surface area contributed by atoms with Crippen molar-refractivity contribution in [2.75, 3.05) is 0 Å². The van der Waals surface area contributed by atoms with Crippen LogP contribution in [0.1, 0.15) is 49.4 Å². The Kier molecular flexibility index (Phi) is 3.10. The van der Waals surface area contributed by atoms with E-state index >= 15 is 0 Å². The molecule has 0 aliphatic heterocycles. The minimum absolute atomic E-state index is 0.138. The van der Waals surface area contributed by atoms with Gasteiger partial charge >= 0.3 is 0 Å². The molecule has 1 heteroatoms. The molecule has 0 aromatic heterocycles. The predicted octanol–water partition coefficient (Wildman–Crippen LogP) is 3.14. The molecule has 2 N–H and O–H groups in total. The van der Waals surface area contributed by atoms with Crippen molar-refractivity contribution in [1.82, 2.24) is 0 Å². The average Bonchev–Trinajstić information content (AvgIpc) is 2.04. The number of nitrogens with two attached hydrogens (primary N) is 1. The Labute approximate surface area is 81.0 Å². The molecule has 0 heterocycles. The topological polar surface area (TPSA) is 26.0 Å². The van der Waals surface area contributed by atoms with Gasteiger partial charge in [0.2, 0.25) is 0 Å². The Morgan fingerprint density at radius 3 is 2.23 bits per heavy atom. The van der Waals surface area contributed by atoms with Crippen molar-refractivity contribution >= 4 is 0 Å². The summed E-state index contributed by atoms with van der Waals surface area (Å²) in [7, 11) is 0. The zero-order valence-corrected chi connectivity index (χ0v) is 8.96. The number of hydrogen-bond donors (Lipinski definition) is 1. The van der Waals surface area contributed by atoms with E-state index in [-0.39, 0.29) is 6.04 Å². The normalized spacial score (nSPS) is 13.4. The Balaban J connectivity index is 3.11. The van der Waals surface area contributed by atoms with Crippen LogP contribution in [0.5, 0.6) is 0 Å². The lowest BCUT2D eigenvalue weighted by molar-refractivity contribution is 0.795.